The fourth-order valence-corrected chi connectivity index (χ4v) is 1.40. The number of hydrogen-bond acceptors (Lipinski definition) is 3. The number of hydrogen-bond donors (Lipinski definition) is 1. The van der Waals surface area contributed by atoms with Crippen LogP contribution in [0.1, 0.15) is 55.8 Å². The second-order valence-corrected chi connectivity index (χ2v) is 4.89. The zero-order valence-corrected chi connectivity index (χ0v) is 9.99. The van der Waals surface area contributed by atoms with Gasteiger partial charge in [-0.25, -0.2) is 0 Å². The first-order chi connectivity index (χ1) is 7.58. The van der Waals surface area contributed by atoms with Gasteiger partial charge in [-0.1, -0.05) is 19.0 Å². The molecule has 1 N–H and O–H groups in total. The summed E-state index contributed by atoms with van der Waals surface area (Å²) in [7, 11) is 0. The number of nitrogens with one attached hydrogen (secondary N) is 1. The van der Waals surface area contributed by atoms with Crippen LogP contribution in [0, 0.1) is 5.92 Å². The van der Waals surface area contributed by atoms with Crippen molar-refractivity contribution in [1.82, 2.24) is 10.5 Å². The highest BCUT2D eigenvalue weighted by atomic mass is 16.5. The molecule has 0 radical (unpaired) electrons. The highest BCUT2D eigenvalue weighted by Crippen LogP contribution is 2.40. The van der Waals surface area contributed by atoms with Gasteiger partial charge in [-0.3, -0.25) is 4.79 Å². The quantitative estimate of drug-likeness (QED) is 0.850. The molecule has 1 amide bonds. The van der Waals surface area contributed by atoms with Gasteiger partial charge in [0.25, 0.3) is 5.91 Å². The molecule has 0 spiro atoms. The molecule has 1 fully saturated rings. The Labute approximate surface area is 95.4 Å². The summed E-state index contributed by atoms with van der Waals surface area (Å²) in [6, 6.07) is 1.91. The molecule has 4 heteroatoms. The molecule has 4 nitrogen and oxygen atoms in total. The highest BCUT2D eigenvalue weighted by molar-refractivity contribution is 5.92. The summed E-state index contributed by atoms with van der Waals surface area (Å²) in [4.78, 5) is 11.8. The average Bonchev–Trinajstić information content (AvgIpc) is 2.96. The van der Waals surface area contributed by atoms with Crippen LogP contribution in [-0.2, 0) is 0 Å². The fourth-order valence-electron chi connectivity index (χ4n) is 1.40. The van der Waals surface area contributed by atoms with Gasteiger partial charge < -0.3 is 9.84 Å². The van der Waals surface area contributed by atoms with Crippen LogP contribution in [0.15, 0.2) is 10.6 Å². The second kappa shape index (κ2) is 4.28. The lowest BCUT2D eigenvalue weighted by molar-refractivity contribution is 0.0921. The van der Waals surface area contributed by atoms with E-state index in [4.69, 9.17) is 4.52 Å². The van der Waals surface area contributed by atoms with Crippen LogP contribution in [0.25, 0.3) is 0 Å². The lowest BCUT2D eigenvalue weighted by Gasteiger charge is -2.16. The molecule has 1 aliphatic rings. The first-order valence-electron chi connectivity index (χ1n) is 5.85. The van der Waals surface area contributed by atoms with E-state index in [-0.39, 0.29) is 11.9 Å². The summed E-state index contributed by atoms with van der Waals surface area (Å²) in [6.45, 7) is 6.14. The van der Waals surface area contributed by atoms with Crippen molar-refractivity contribution >= 4 is 5.91 Å². The minimum atomic E-state index is -0.142. The first kappa shape index (κ1) is 11.2. The molecule has 1 aliphatic carbocycles. The lowest BCUT2D eigenvalue weighted by atomic mass is 10.1. The van der Waals surface area contributed by atoms with E-state index in [1.807, 2.05) is 6.92 Å². The van der Waals surface area contributed by atoms with E-state index in [0.29, 0.717) is 17.5 Å². The molecule has 2 rings (SSSR count). The molecule has 0 saturated heterocycles. The topological polar surface area (TPSA) is 55.1 Å². The predicted octanol–water partition coefficient (Wildman–Crippen LogP) is 2.33. The lowest BCUT2D eigenvalue weighted by Crippen LogP contribution is -2.36. The molecule has 1 atom stereocenters. The van der Waals surface area contributed by atoms with E-state index in [1.165, 1.54) is 0 Å². The third-order valence-electron chi connectivity index (χ3n) is 3.10. The minimum absolute atomic E-state index is 0.142. The van der Waals surface area contributed by atoms with Crippen LogP contribution in [0.2, 0.25) is 0 Å². The first-order valence-corrected chi connectivity index (χ1v) is 5.85. The molecular weight excluding hydrogens is 204 g/mol. The van der Waals surface area contributed by atoms with Gasteiger partial charge >= 0.3 is 0 Å². The van der Waals surface area contributed by atoms with Gasteiger partial charge in [-0.15, -0.1) is 0 Å². The van der Waals surface area contributed by atoms with Crippen LogP contribution >= 0.6 is 0 Å². The third kappa shape index (κ3) is 2.43. The number of aromatic nitrogens is 1. The summed E-state index contributed by atoms with van der Waals surface area (Å²) in [5, 5.41) is 6.71. The Balaban J connectivity index is 1.97. The van der Waals surface area contributed by atoms with E-state index in [0.717, 1.165) is 18.6 Å². The summed E-state index contributed by atoms with van der Waals surface area (Å²) in [6.07, 6.45) is 2.30. The van der Waals surface area contributed by atoms with Crippen molar-refractivity contribution in [3.63, 3.8) is 0 Å². The van der Waals surface area contributed by atoms with Crippen LogP contribution in [0.5, 0.6) is 0 Å². The molecular formula is C12H18N2O2. The normalized spacial score (nSPS) is 17.5. The number of nitrogens with zero attached hydrogens (tertiary/aromatic N) is 1. The van der Waals surface area contributed by atoms with Gasteiger partial charge in [0.05, 0.1) is 0 Å². The van der Waals surface area contributed by atoms with Crippen LogP contribution < -0.4 is 5.32 Å². The van der Waals surface area contributed by atoms with Gasteiger partial charge in [0, 0.05) is 18.0 Å². The molecule has 0 bridgehead atoms. The summed E-state index contributed by atoms with van der Waals surface area (Å²) in [5.41, 5.74) is 0.398. The molecule has 1 aromatic rings. The zero-order chi connectivity index (χ0) is 11.7. The number of amides is 1. The van der Waals surface area contributed by atoms with Gasteiger partial charge in [0.1, 0.15) is 5.76 Å². The van der Waals surface area contributed by atoms with E-state index in [9.17, 15) is 4.79 Å². The molecule has 16 heavy (non-hydrogen) atoms. The van der Waals surface area contributed by atoms with Crippen molar-refractivity contribution in [3.05, 3.63) is 17.5 Å². The molecule has 1 aromatic heterocycles. The van der Waals surface area contributed by atoms with E-state index < -0.39 is 0 Å². The molecule has 0 aromatic carbocycles. The Morgan fingerprint density at radius 2 is 2.19 bits per heavy atom. The maximum absolute atomic E-state index is 11.8. The molecule has 0 aliphatic heterocycles. The molecule has 88 valence electrons. The minimum Gasteiger partial charge on any atom is -0.360 e. The Morgan fingerprint density at radius 1 is 1.50 bits per heavy atom. The van der Waals surface area contributed by atoms with Gasteiger partial charge in [0.2, 0.25) is 0 Å². The molecule has 1 saturated carbocycles. The molecule has 0 unspecified atom stereocenters. The van der Waals surface area contributed by atoms with Crippen LogP contribution in [-0.4, -0.2) is 17.1 Å². The third-order valence-corrected chi connectivity index (χ3v) is 3.10. The Kier molecular flexibility index (Phi) is 2.99. The van der Waals surface area contributed by atoms with Crippen molar-refractivity contribution in [2.45, 2.75) is 45.6 Å². The average molecular weight is 222 g/mol. The van der Waals surface area contributed by atoms with Crippen molar-refractivity contribution in [2.24, 2.45) is 5.92 Å². The highest BCUT2D eigenvalue weighted by Gasteiger charge is 2.29. The van der Waals surface area contributed by atoms with Gasteiger partial charge in [0.15, 0.2) is 5.69 Å². The molecule has 1 heterocycles. The van der Waals surface area contributed by atoms with Crippen molar-refractivity contribution in [2.75, 3.05) is 0 Å². The van der Waals surface area contributed by atoms with Crippen LogP contribution in [0.4, 0.5) is 0 Å². The standard InChI is InChI=1S/C12H18N2O2/c1-7(2)8(3)13-12(15)10-6-11(16-14-10)9-4-5-9/h6-9H,4-5H2,1-3H3,(H,13,15)/t8-/m0/s1. The SMILES string of the molecule is CC(C)[C@H](C)NC(=O)c1cc(C2CC2)on1. The Bertz CT molecular complexity index is 380. The van der Waals surface area contributed by atoms with Crippen molar-refractivity contribution < 1.29 is 9.32 Å². The van der Waals surface area contributed by atoms with Gasteiger partial charge in [-0.2, -0.15) is 0 Å². The van der Waals surface area contributed by atoms with E-state index in [2.05, 4.69) is 24.3 Å². The predicted molar refractivity (Wildman–Crippen MR) is 60.2 cm³/mol. The number of rotatable bonds is 4. The van der Waals surface area contributed by atoms with E-state index >= 15 is 0 Å². The number of carbonyl (C=O) groups excluding carboxylic acids is 1. The smallest absolute Gasteiger partial charge is 0.273 e. The second-order valence-electron chi connectivity index (χ2n) is 4.89. The largest absolute Gasteiger partial charge is 0.360 e. The maximum Gasteiger partial charge on any atom is 0.273 e. The Morgan fingerprint density at radius 3 is 2.75 bits per heavy atom. The fraction of sp³-hybridized carbons (Fsp3) is 0.667. The monoisotopic (exact) mass is 222 g/mol. The summed E-state index contributed by atoms with van der Waals surface area (Å²) >= 11 is 0. The Hall–Kier alpha value is -1.32. The van der Waals surface area contributed by atoms with E-state index in [1.54, 1.807) is 6.07 Å². The van der Waals surface area contributed by atoms with Crippen molar-refractivity contribution in [3.8, 4) is 0 Å². The van der Waals surface area contributed by atoms with Crippen LogP contribution in [0.3, 0.4) is 0 Å². The zero-order valence-electron chi connectivity index (χ0n) is 9.99. The number of carbonyl (C=O) groups is 1. The summed E-state index contributed by atoms with van der Waals surface area (Å²) in [5.74, 6) is 1.62. The van der Waals surface area contributed by atoms with Crippen molar-refractivity contribution in [1.29, 1.82) is 0 Å². The summed E-state index contributed by atoms with van der Waals surface area (Å²) < 4.78 is 5.14. The van der Waals surface area contributed by atoms with Gasteiger partial charge in [-0.05, 0) is 25.7 Å². The maximum atomic E-state index is 11.8.